The smallest absolute Gasteiger partial charge is 0.220 e. The van der Waals surface area contributed by atoms with Crippen molar-refractivity contribution in [1.29, 1.82) is 0 Å². The number of hydrogen-bond donors (Lipinski definition) is 12. The molecule has 0 spiro atoms. The van der Waals surface area contributed by atoms with Gasteiger partial charge in [-0.2, -0.15) is 0 Å². The van der Waals surface area contributed by atoms with Crippen LogP contribution in [0.3, 0.4) is 0 Å². The highest BCUT2D eigenvalue weighted by atomic mass is 16.8. The Hall–Kier alpha value is -2.51. The molecule has 3 heterocycles. The Labute approximate surface area is 713 Å². The number of aliphatic hydroxyl groups is 11. The molecule has 0 radical (unpaired) electrons. The van der Waals surface area contributed by atoms with Crippen LogP contribution < -0.4 is 5.32 Å². The lowest BCUT2D eigenvalue weighted by molar-refractivity contribution is -0.379. The molecule has 117 heavy (non-hydrogen) atoms. The highest BCUT2D eigenvalue weighted by Gasteiger charge is 2.54. The molecule has 3 fully saturated rings. The van der Waals surface area contributed by atoms with E-state index in [1.165, 1.54) is 340 Å². The fourth-order valence-electron chi connectivity index (χ4n) is 16.5. The number of carbonyl (C=O) groups excluding carboxylic acids is 1. The largest absolute Gasteiger partial charge is 0.394 e. The van der Waals surface area contributed by atoms with Crippen molar-refractivity contribution in [2.75, 3.05) is 26.4 Å². The van der Waals surface area contributed by atoms with Gasteiger partial charge in [-0.3, -0.25) is 4.79 Å². The third-order valence-electron chi connectivity index (χ3n) is 24.3. The Bertz CT molecular complexity index is 2340. The van der Waals surface area contributed by atoms with E-state index >= 15 is 0 Å². The van der Waals surface area contributed by atoms with Crippen molar-refractivity contribution in [3.63, 3.8) is 0 Å². The molecule has 12 N–H and O–H groups in total. The normalized spacial score (nSPS) is 24.6. The topological polar surface area (TPSA) is 307 Å². The average molecular weight is 1660 g/mol. The van der Waals surface area contributed by atoms with Gasteiger partial charge in [-0.15, -0.1) is 0 Å². The molecule has 3 aliphatic heterocycles. The SMILES string of the molecule is CCCCCCC/C=C\C/C=C\C/C=C\CCCCCCCCCCCCCCCCCCCCCCCCCCCCC(=O)NC(COC1OC(CO)C(OC2OC(CO)C(OC3OC(CO)C(O)C(O)C3O)C(O)C2O)C(O)C1O)C(O)/C=C/CC/C=C/CCCCCCCCCCCCCCCCCCCCCCCCCCC. The first-order chi connectivity index (χ1) is 57.3. The lowest BCUT2D eigenvalue weighted by Gasteiger charge is -2.48. The lowest BCUT2D eigenvalue weighted by atomic mass is 9.96. The van der Waals surface area contributed by atoms with Crippen LogP contribution in [0.25, 0.3) is 0 Å². The summed E-state index contributed by atoms with van der Waals surface area (Å²) >= 11 is 0. The average Bonchev–Trinajstić information content (AvgIpc) is 0.778. The number of carbonyl (C=O) groups is 1. The van der Waals surface area contributed by atoms with E-state index in [4.69, 9.17) is 28.4 Å². The number of hydrogen-bond acceptors (Lipinski definition) is 18. The minimum Gasteiger partial charge on any atom is -0.394 e. The molecule has 19 nitrogen and oxygen atoms in total. The molecule has 17 unspecified atom stereocenters. The molecule has 17 atom stereocenters. The third-order valence-corrected chi connectivity index (χ3v) is 24.3. The molecule has 686 valence electrons. The maximum absolute atomic E-state index is 13.5. The number of rotatable bonds is 81. The summed E-state index contributed by atoms with van der Waals surface area (Å²) in [6.45, 7) is 1.77. The van der Waals surface area contributed by atoms with Gasteiger partial charge in [0.15, 0.2) is 18.9 Å². The van der Waals surface area contributed by atoms with Crippen LogP contribution in [0, 0.1) is 0 Å². The second-order valence-electron chi connectivity index (χ2n) is 34.9. The zero-order chi connectivity index (χ0) is 84.5. The predicted molar refractivity (Wildman–Crippen MR) is 475 cm³/mol. The van der Waals surface area contributed by atoms with E-state index in [0.29, 0.717) is 12.8 Å². The van der Waals surface area contributed by atoms with Crippen molar-refractivity contribution < 1.29 is 89.4 Å². The van der Waals surface area contributed by atoms with Crippen LogP contribution in [0.2, 0.25) is 0 Å². The van der Waals surface area contributed by atoms with Crippen molar-refractivity contribution in [2.45, 2.75) is 529 Å². The van der Waals surface area contributed by atoms with Gasteiger partial charge in [-0.05, 0) is 70.6 Å². The maximum Gasteiger partial charge on any atom is 0.220 e. The third kappa shape index (κ3) is 54.8. The summed E-state index contributed by atoms with van der Waals surface area (Å²) in [6, 6.07) is -0.993. The summed E-state index contributed by atoms with van der Waals surface area (Å²) in [5.41, 5.74) is 0. The Balaban J connectivity index is 1.29. The van der Waals surface area contributed by atoms with E-state index in [1.807, 2.05) is 6.08 Å². The van der Waals surface area contributed by atoms with Crippen LogP contribution in [-0.4, -0.2) is 193 Å². The van der Waals surface area contributed by atoms with E-state index in [1.54, 1.807) is 6.08 Å². The van der Waals surface area contributed by atoms with Crippen molar-refractivity contribution in [1.82, 2.24) is 5.32 Å². The first-order valence-corrected chi connectivity index (χ1v) is 49.0. The Kier molecular flexibility index (Phi) is 71.6. The maximum atomic E-state index is 13.5. The molecular formula is C98H181NO18. The molecule has 0 aromatic heterocycles. The second-order valence-corrected chi connectivity index (χ2v) is 34.9. The molecule has 0 aromatic carbocycles. The predicted octanol–water partition coefficient (Wildman–Crippen LogP) is 20.1. The Morgan fingerprint density at radius 3 is 0.915 bits per heavy atom. The number of unbranched alkanes of at least 4 members (excludes halogenated alkanes) is 57. The molecule has 0 aromatic rings. The summed E-state index contributed by atoms with van der Waals surface area (Å²) in [5, 5.41) is 121. The van der Waals surface area contributed by atoms with Crippen LogP contribution in [0.1, 0.15) is 425 Å². The summed E-state index contributed by atoms with van der Waals surface area (Å²) in [7, 11) is 0. The molecular weight excluding hydrogens is 1480 g/mol. The summed E-state index contributed by atoms with van der Waals surface area (Å²) in [4.78, 5) is 13.5. The van der Waals surface area contributed by atoms with Gasteiger partial charge >= 0.3 is 0 Å². The van der Waals surface area contributed by atoms with Crippen LogP contribution in [-0.2, 0) is 33.2 Å². The number of nitrogens with one attached hydrogen (secondary N) is 1. The second kappa shape index (κ2) is 77.1. The van der Waals surface area contributed by atoms with E-state index in [-0.39, 0.29) is 18.9 Å². The quantitative estimate of drug-likeness (QED) is 0.0199. The molecule has 1 amide bonds. The molecule has 3 rings (SSSR count). The lowest BCUT2D eigenvalue weighted by Crippen LogP contribution is -2.66. The Morgan fingerprint density at radius 1 is 0.308 bits per heavy atom. The fourth-order valence-corrected chi connectivity index (χ4v) is 16.5. The number of allylic oxidation sites excluding steroid dienone is 9. The fraction of sp³-hybridized carbons (Fsp3) is 0.888. The molecule has 19 heteroatoms. The highest BCUT2D eigenvalue weighted by molar-refractivity contribution is 5.76. The minimum absolute atomic E-state index is 0.239. The monoisotopic (exact) mass is 1660 g/mol. The van der Waals surface area contributed by atoms with Gasteiger partial charge in [-0.1, -0.05) is 408 Å². The van der Waals surface area contributed by atoms with Gasteiger partial charge < -0.3 is 89.9 Å². The van der Waals surface area contributed by atoms with Gasteiger partial charge in [0.25, 0.3) is 0 Å². The summed E-state index contributed by atoms with van der Waals surface area (Å²) < 4.78 is 34.6. The van der Waals surface area contributed by atoms with Crippen LogP contribution in [0.15, 0.2) is 60.8 Å². The molecule has 0 aliphatic carbocycles. The van der Waals surface area contributed by atoms with Crippen molar-refractivity contribution in [3.8, 4) is 0 Å². The molecule has 0 saturated carbocycles. The van der Waals surface area contributed by atoms with E-state index in [0.717, 1.165) is 51.4 Å². The number of aliphatic hydroxyl groups excluding tert-OH is 11. The zero-order valence-electron chi connectivity index (χ0n) is 74.4. The van der Waals surface area contributed by atoms with Gasteiger partial charge in [0.05, 0.1) is 38.6 Å². The van der Waals surface area contributed by atoms with Gasteiger partial charge in [-0.25, -0.2) is 0 Å². The number of ether oxygens (including phenoxy) is 6. The van der Waals surface area contributed by atoms with Crippen LogP contribution in [0.4, 0.5) is 0 Å². The first kappa shape index (κ1) is 109. The summed E-state index contributed by atoms with van der Waals surface area (Å²) in [6.07, 6.45) is 76.9. The van der Waals surface area contributed by atoms with Gasteiger partial charge in [0, 0.05) is 6.42 Å². The highest BCUT2D eigenvalue weighted by Crippen LogP contribution is 2.34. The zero-order valence-corrected chi connectivity index (χ0v) is 74.4. The summed E-state index contributed by atoms with van der Waals surface area (Å²) in [5.74, 6) is -0.277. The van der Waals surface area contributed by atoms with Crippen molar-refractivity contribution >= 4 is 5.91 Å². The number of amides is 1. The van der Waals surface area contributed by atoms with E-state index in [9.17, 15) is 61.0 Å². The van der Waals surface area contributed by atoms with E-state index < -0.39 is 124 Å². The van der Waals surface area contributed by atoms with Crippen molar-refractivity contribution in [2.24, 2.45) is 0 Å². The van der Waals surface area contributed by atoms with E-state index in [2.05, 4.69) is 67.8 Å². The van der Waals surface area contributed by atoms with Gasteiger partial charge in [0.1, 0.15) is 73.2 Å². The van der Waals surface area contributed by atoms with Crippen molar-refractivity contribution in [3.05, 3.63) is 60.8 Å². The minimum atomic E-state index is -1.98. The Morgan fingerprint density at radius 2 is 0.573 bits per heavy atom. The first-order valence-electron chi connectivity index (χ1n) is 49.0. The molecule has 0 bridgehead atoms. The van der Waals surface area contributed by atoms with Gasteiger partial charge in [0.2, 0.25) is 5.91 Å². The van der Waals surface area contributed by atoms with Crippen LogP contribution >= 0.6 is 0 Å². The van der Waals surface area contributed by atoms with Crippen LogP contribution in [0.5, 0.6) is 0 Å². The molecule has 3 saturated heterocycles. The molecule has 3 aliphatic rings. The standard InChI is InChI=1S/C98H181NO18/c1-3-5-7-9-11-13-15-17-19-21-23-25-27-29-31-33-35-36-37-38-39-40-41-42-43-44-46-48-50-52-54-56-58-60-62-64-66-68-70-72-74-76-86(104)99-81(82(103)75-73-71-69-67-65-63-61-59-57-55-53-51-49-47-45-34-32-30-28-26-24-22-20-18-16-14-12-10-8-6-4-2)80-112-96-92(110)89(107)94(84(78-101)114-96)117-98-93(111)90(108)95(85(79-102)115-98)116-97-91(109)88(106)87(105)83(77-100)113-97/h15,17,21,23,27,29,65,67,73,75,81-85,87-98,100-103,105-111H,3-14,16,18-20,22,24-26,28,30-64,66,68-72,74,76-80H2,1-2H3,(H,99,104)/b17-15-,23-21-,29-27-,67-65+,75-73+.